The smallest absolute Gasteiger partial charge is 0.431 e. The minimum absolute atomic E-state index is 0. The summed E-state index contributed by atoms with van der Waals surface area (Å²) in [5.74, 6) is -0.637. The van der Waals surface area contributed by atoms with E-state index in [0.29, 0.717) is 0 Å². The molecule has 0 fully saturated rings. The van der Waals surface area contributed by atoms with E-state index in [1.165, 1.54) is 6.92 Å². The molecule has 0 bridgehead atoms. The van der Waals surface area contributed by atoms with Crippen molar-refractivity contribution in [2.24, 2.45) is 5.73 Å². The van der Waals surface area contributed by atoms with Crippen molar-refractivity contribution >= 4 is 24.5 Å². The zero-order valence-electron chi connectivity index (χ0n) is 8.89. The molecular weight excluding hydrogens is 226 g/mol. The lowest BCUT2D eigenvalue weighted by molar-refractivity contribution is -0.154. The Morgan fingerprint density at radius 3 is 2.13 bits per heavy atom. The molecule has 0 amide bonds. The van der Waals surface area contributed by atoms with Crippen LogP contribution in [0.5, 0.6) is 0 Å². The molecular formula is C8H16ClNO5. The summed E-state index contributed by atoms with van der Waals surface area (Å²) < 4.78 is 13.5. The van der Waals surface area contributed by atoms with Crippen LogP contribution in [0.3, 0.4) is 0 Å². The molecule has 0 unspecified atom stereocenters. The molecule has 0 aromatic carbocycles. The molecule has 0 radical (unpaired) electrons. The molecule has 0 spiro atoms. The number of hydrogen-bond donors (Lipinski definition) is 1. The quantitative estimate of drug-likeness (QED) is 0.579. The van der Waals surface area contributed by atoms with Gasteiger partial charge in [0.15, 0.2) is 0 Å². The Morgan fingerprint density at radius 2 is 1.73 bits per heavy atom. The van der Waals surface area contributed by atoms with Crippen molar-refractivity contribution in [2.75, 3.05) is 6.79 Å². The number of carbonyl (C=O) groups is 2. The van der Waals surface area contributed by atoms with Gasteiger partial charge in [0.05, 0.1) is 6.10 Å². The van der Waals surface area contributed by atoms with E-state index in [2.05, 4.69) is 14.2 Å². The van der Waals surface area contributed by atoms with Crippen LogP contribution in [0, 0.1) is 0 Å². The van der Waals surface area contributed by atoms with Gasteiger partial charge >= 0.3 is 12.1 Å². The number of hydrogen-bond acceptors (Lipinski definition) is 6. The SMILES string of the molecule is CC(C)OC(=O)OCOC(=O)[C@H](C)N.Cl. The molecule has 0 aliphatic heterocycles. The predicted molar refractivity (Wildman–Crippen MR) is 54.6 cm³/mol. The van der Waals surface area contributed by atoms with Gasteiger partial charge in [0.2, 0.25) is 6.79 Å². The highest BCUT2D eigenvalue weighted by atomic mass is 35.5. The summed E-state index contributed by atoms with van der Waals surface area (Å²) >= 11 is 0. The topological polar surface area (TPSA) is 87.9 Å². The van der Waals surface area contributed by atoms with Crippen molar-refractivity contribution in [1.29, 1.82) is 0 Å². The van der Waals surface area contributed by atoms with E-state index in [9.17, 15) is 9.59 Å². The van der Waals surface area contributed by atoms with E-state index in [1.807, 2.05) is 0 Å². The number of esters is 1. The fraction of sp³-hybridized carbons (Fsp3) is 0.750. The molecule has 0 saturated carbocycles. The molecule has 2 N–H and O–H groups in total. The molecule has 0 aliphatic rings. The molecule has 1 atom stereocenters. The summed E-state index contributed by atoms with van der Waals surface area (Å²) in [4.78, 5) is 21.5. The van der Waals surface area contributed by atoms with Crippen molar-refractivity contribution in [1.82, 2.24) is 0 Å². The van der Waals surface area contributed by atoms with Crippen LogP contribution in [0.15, 0.2) is 0 Å². The van der Waals surface area contributed by atoms with E-state index < -0.39 is 25.0 Å². The maximum atomic E-state index is 10.8. The normalized spacial score (nSPS) is 11.3. The third-order valence-corrected chi connectivity index (χ3v) is 1.08. The van der Waals surface area contributed by atoms with Crippen molar-refractivity contribution < 1.29 is 23.8 Å². The lowest BCUT2D eigenvalue weighted by Gasteiger charge is -2.09. The van der Waals surface area contributed by atoms with Gasteiger partial charge in [-0.05, 0) is 20.8 Å². The summed E-state index contributed by atoms with van der Waals surface area (Å²) in [5, 5.41) is 0. The Labute approximate surface area is 94.5 Å². The lowest BCUT2D eigenvalue weighted by Crippen LogP contribution is -2.30. The first-order chi connectivity index (χ1) is 6.43. The molecule has 0 aromatic heterocycles. The van der Waals surface area contributed by atoms with Crippen molar-refractivity contribution in [3.63, 3.8) is 0 Å². The minimum Gasteiger partial charge on any atom is -0.431 e. The first-order valence-corrected chi connectivity index (χ1v) is 4.19. The van der Waals surface area contributed by atoms with Gasteiger partial charge in [-0.1, -0.05) is 0 Å². The maximum absolute atomic E-state index is 10.8. The van der Waals surface area contributed by atoms with Crippen molar-refractivity contribution in [2.45, 2.75) is 32.9 Å². The average Bonchev–Trinajstić information content (AvgIpc) is 2.02. The Hall–Kier alpha value is -1.01. The number of halogens is 1. The van der Waals surface area contributed by atoms with Crippen LogP contribution < -0.4 is 5.73 Å². The molecule has 90 valence electrons. The number of nitrogens with two attached hydrogens (primary N) is 1. The third kappa shape index (κ3) is 9.30. The Morgan fingerprint density at radius 1 is 1.20 bits per heavy atom. The fourth-order valence-corrected chi connectivity index (χ4v) is 0.494. The minimum atomic E-state index is -0.877. The van der Waals surface area contributed by atoms with Crippen LogP contribution in [-0.4, -0.2) is 31.1 Å². The number of carbonyl (C=O) groups excluding carboxylic acids is 2. The Balaban J connectivity index is 0. The molecule has 0 heterocycles. The largest absolute Gasteiger partial charge is 0.511 e. The molecule has 7 heteroatoms. The summed E-state index contributed by atoms with van der Waals surface area (Å²) in [5.41, 5.74) is 5.19. The summed E-state index contributed by atoms with van der Waals surface area (Å²) in [6, 6.07) is -0.736. The maximum Gasteiger partial charge on any atom is 0.511 e. The first-order valence-electron chi connectivity index (χ1n) is 4.19. The zero-order chi connectivity index (χ0) is 11.1. The van der Waals surface area contributed by atoms with Crippen molar-refractivity contribution in [3.05, 3.63) is 0 Å². The second-order valence-corrected chi connectivity index (χ2v) is 2.93. The van der Waals surface area contributed by atoms with Gasteiger partial charge in [-0.2, -0.15) is 0 Å². The van der Waals surface area contributed by atoms with Crippen LogP contribution in [0.4, 0.5) is 4.79 Å². The van der Waals surface area contributed by atoms with E-state index >= 15 is 0 Å². The van der Waals surface area contributed by atoms with Crippen LogP contribution in [-0.2, 0) is 19.0 Å². The molecule has 0 aliphatic carbocycles. The van der Waals surface area contributed by atoms with E-state index in [-0.39, 0.29) is 18.5 Å². The highest BCUT2D eigenvalue weighted by Gasteiger charge is 2.11. The second kappa shape index (κ2) is 8.31. The van der Waals surface area contributed by atoms with Crippen molar-refractivity contribution in [3.8, 4) is 0 Å². The summed E-state index contributed by atoms with van der Waals surface area (Å²) in [7, 11) is 0. The molecule has 0 aromatic rings. The third-order valence-electron chi connectivity index (χ3n) is 1.08. The van der Waals surface area contributed by atoms with E-state index in [0.717, 1.165) is 0 Å². The average molecular weight is 242 g/mol. The first kappa shape index (κ1) is 16.4. The van der Waals surface area contributed by atoms with Gasteiger partial charge in [0, 0.05) is 0 Å². The summed E-state index contributed by atoms with van der Waals surface area (Å²) in [6.45, 7) is 4.34. The van der Waals surface area contributed by atoms with Crippen LogP contribution >= 0.6 is 12.4 Å². The molecule has 6 nitrogen and oxygen atoms in total. The van der Waals surface area contributed by atoms with E-state index in [1.54, 1.807) is 13.8 Å². The fourth-order valence-electron chi connectivity index (χ4n) is 0.494. The second-order valence-electron chi connectivity index (χ2n) is 2.93. The van der Waals surface area contributed by atoms with Gasteiger partial charge in [0.25, 0.3) is 0 Å². The molecule has 0 rings (SSSR count). The van der Waals surface area contributed by atoms with Crippen LogP contribution in [0.2, 0.25) is 0 Å². The zero-order valence-corrected chi connectivity index (χ0v) is 9.71. The van der Waals surface area contributed by atoms with Crippen LogP contribution in [0.25, 0.3) is 0 Å². The van der Waals surface area contributed by atoms with Gasteiger partial charge in [-0.25, -0.2) is 4.79 Å². The molecule has 0 saturated heterocycles. The van der Waals surface area contributed by atoms with Crippen LogP contribution in [0.1, 0.15) is 20.8 Å². The Bertz CT molecular complexity index is 207. The van der Waals surface area contributed by atoms with Gasteiger partial charge in [0.1, 0.15) is 6.04 Å². The highest BCUT2D eigenvalue weighted by Crippen LogP contribution is 1.93. The van der Waals surface area contributed by atoms with Gasteiger partial charge in [-0.3, -0.25) is 4.79 Å². The predicted octanol–water partition coefficient (Wildman–Crippen LogP) is 0.818. The van der Waals surface area contributed by atoms with Gasteiger partial charge < -0.3 is 19.9 Å². The monoisotopic (exact) mass is 241 g/mol. The Kier molecular flexibility index (Phi) is 9.10. The van der Waals surface area contributed by atoms with E-state index in [4.69, 9.17) is 5.73 Å². The number of ether oxygens (including phenoxy) is 3. The highest BCUT2D eigenvalue weighted by molar-refractivity contribution is 5.85. The summed E-state index contributed by atoms with van der Waals surface area (Å²) in [6.07, 6.45) is -1.15. The lowest BCUT2D eigenvalue weighted by atomic mass is 10.4. The molecule has 15 heavy (non-hydrogen) atoms. The number of rotatable bonds is 4. The van der Waals surface area contributed by atoms with Gasteiger partial charge in [-0.15, -0.1) is 12.4 Å². The standard InChI is InChI=1S/C8H15NO5.ClH/c1-5(2)14-8(11)13-4-12-7(10)6(3)9;/h5-6H,4,9H2,1-3H3;1H/t6-;/m0./s1.